The van der Waals surface area contributed by atoms with Crippen LogP contribution in [0.3, 0.4) is 0 Å². The van der Waals surface area contributed by atoms with Crippen molar-refractivity contribution in [2.75, 3.05) is 13.1 Å². The van der Waals surface area contributed by atoms with E-state index in [-0.39, 0.29) is 5.56 Å². The number of allylic oxidation sites excluding steroid dienone is 2. The van der Waals surface area contributed by atoms with E-state index in [1.54, 1.807) is 4.90 Å². The lowest BCUT2D eigenvalue weighted by molar-refractivity contribution is -0.140. The highest BCUT2D eigenvalue weighted by Crippen LogP contribution is 2.39. The molecule has 1 fully saturated rings. The third kappa shape index (κ3) is 3.68. The number of carbonyl (C=O) groups excluding carboxylic acids is 1. The van der Waals surface area contributed by atoms with E-state index >= 15 is 0 Å². The smallest absolute Gasteiger partial charge is 0.339 e. The summed E-state index contributed by atoms with van der Waals surface area (Å²) in [7, 11) is 0. The quantitative estimate of drug-likeness (QED) is 0.594. The minimum atomic E-state index is -4.83. The molecule has 1 aliphatic heterocycles. The number of halogens is 4. The fourth-order valence-electron chi connectivity index (χ4n) is 4.40. The van der Waals surface area contributed by atoms with Gasteiger partial charge in [0.05, 0.1) is 5.56 Å². The molecule has 1 aliphatic carbocycles. The van der Waals surface area contributed by atoms with Crippen LogP contribution in [0.25, 0.3) is 5.57 Å². The number of hydrogen-bond acceptors (Lipinski definition) is 1. The molecular weight excluding hydrogens is 382 g/mol. The Kier molecular flexibility index (Phi) is 4.97. The monoisotopic (exact) mass is 403 g/mol. The number of piperidine rings is 1. The van der Waals surface area contributed by atoms with Crippen molar-refractivity contribution in [1.29, 1.82) is 0 Å². The summed E-state index contributed by atoms with van der Waals surface area (Å²) in [6.07, 6.45) is -0.119. The molecule has 0 unspecified atom stereocenters. The first-order valence-electron chi connectivity index (χ1n) is 9.70. The lowest BCUT2D eigenvalue weighted by atomic mass is 9.85. The Balaban J connectivity index is 1.46. The highest BCUT2D eigenvalue weighted by Gasteiger charge is 2.35. The molecule has 1 heterocycles. The minimum absolute atomic E-state index is 0.127. The van der Waals surface area contributed by atoms with Gasteiger partial charge in [0.2, 0.25) is 0 Å². The number of hydrogen-bond donors (Lipinski definition) is 0. The standard InChI is InChI=1S/C23H21F4NO/c1-14-3-2-4-19-17(14)6-7-18(19)15-9-11-28(12-10-15)22(29)16-5-8-21(24)20(13-16)23(25,26)27/h2-5,7-8,13,15H,6,9-12H2,1H3. The van der Waals surface area contributed by atoms with Crippen LogP contribution in [0.2, 0.25) is 0 Å². The Morgan fingerprint density at radius 3 is 2.52 bits per heavy atom. The van der Waals surface area contributed by atoms with Gasteiger partial charge in [-0.15, -0.1) is 0 Å². The van der Waals surface area contributed by atoms with Crippen LogP contribution < -0.4 is 0 Å². The Hall–Kier alpha value is -2.63. The molecule has 2 aliphatic rings. The lowest BCUT2D eigenvalue weighted by Crippen LogP contribution is -2.38. The molecular formula is C23H21F4NO. The second-order valence-electron chi connectivity index (χ2n) is 7.72. The predicted molar refractivity (Wildman–Crippen MR) is 103 cm³/mol. The van der Waals surface area contributed by atoms with E-state index in [4.69, 9.17) is 0 Å². The van der Waals surface area contributed by atoms with Crippen LogP contribution in [-0.4, -0.2) is 23.9 Å². The zero-order valence-corrected chi connectivity index (χ0v) is 16.0. The topological polar surface area (TPSA) is 20.3 Å². The van der Waals surface area contributed by atoms with Crippen molar-refractivity contribution in [3.8, 4) is 0 Å². The molecule has 152 valence electrons. The second kappa shape index (κ2) is 7.32. The van der Waals surface area contributed by atoms with Gasteiger partial charge in [0.15, 0.2) is 0 Å². The van der Waals surface area contributed by atoms with Gasteiger partial charge in [0.1, 0.15) is 5.82 Å². The summed E-state index contributed by atoms with van der Waals surface area (Å²) in [5.74, 6) is -1.51. The van der Waals surface area contributed by atoms with Crippen LogP contribution in [-0.2, 0) is 12.6 Å². The van der Waals surface area contributed by atoms with Crippen molar-refractivity contribution in [3.05, 3.63) is 76.1 Å². The van der Waals surface area contributed by atoms with E-state index in [0.29, 0.717) is 31.1 Å². The van der Waals surface area contributed by atoms with Crippen molar-refractivity contribution in [2.24, 2.45) is 5.92 Å². The first-order chi connectivity index (χ1) is 13.8. The molecule has 0 N–H and O–H groups in total. The SMILES string of the molecule is Cc1cccc2c1CC=C2C1CCN(C(=O)c2ccc(F)c(C(F)(F)F)c2)CC1. The molecule has 0 atom stereocenters. The molecule has 2 nitrogen and oxygen atoms in total. The Morgan fingerprint density at radius 1 is 1.10 bits per heavy atom. The Morgan fingerprint density at radius 2 is 1.83 bits per heavy atom. The normalized spacial score (nSPS) is 17.3. The van der Waals surface area contributed by atoms with Gasteiger partial charge in [-0.05, 0) is 72.6 Å². The number of benzene rings is 2. The Bertz CT molecular complexity index is 985. The van der Waals surface area contributed by atoms with Crippen LogP contribution in [0.15, 0.2) is 42.5 Å². The fraction of sp³-hybridized carbons (Fsp3) is 0.348. The van der Waals surface area contributed by atoms with Crippen molar-refractivity contribution >= 4 is 11.5 Å². The molecule has 1 amide bonds. The van der Waals surface area contributed by atoms with Gasteiger partial charge < -0.3 is 4.90 Å². The summed E-state index contributed by atoms with van der Waals surface area (Å²) in [5, 5.41) is 0. The number of nitrogens with zero attached hydrogens (tertiary/aromatic N) is 1. The second-order valence-corrected chi connectivity index (χ2v) is 7.72. The summed E-state index contributed by atoms with van der Waals surface area (Å²) in [4.78, 5) is 14.2. The summed E-state index contributed by atoms with van der Waals surface area (Å²) in [6.45, 7) is 3.05. The number of aryl methyl sites for hydroxylation is 1. The van der Waals surface area contributed by atoms with Crippen LogP contribution in [0.5, 0.6) is 0 Å². The molecule has 29 heavy (non-hydrogen) atoms. The molecule has 2 aromatic rings. The maximum atomic E-state index is 13.5. The zero-order chi connectivity index (χ0) is 20.8. The van der Waals surface area contributed by atoms with Gasteiger partial charge in [0.25, 0.3) is 5.91 Å². The van der Waals surface area contributed by atoms with E-state index in [0.717, 1.165) is 25.3 Å². The average Bonchev–Trinajstić information content (AvgIpc) is 3.12. The highest BCUT2D eigenvalue weighted by atomic mass is 19.4. The first-order valence-corrected chi connectivity index (χ1v) is 9.70. The van der Waals surface area contributed by atoms with E-state index in [9.17, 15) is 22.4 Å². The highest BCUT2D eigenvalue weighted by molar-refractivity contribution is 5.94. The maximum Gasteiger partial charge on any atom is 0.419 e. The van der Waals surface area contributed by atoms with E-state index in [1.807, 2.05) is 0 Å². The van der Waals surface area contributed by atoms with Gasteiger partial charge in [0, 0.05) is 18.7 Å². The molecule has 0 radical (unpaired) electrons. The van der Waals surface area contributed by atoms with Crippen LogP contribution in [0.1, 0.15) is 45.5 Å². The van der Waals surface area contributed by atoms with Gasteiger partial charge in [-0.1, -0.05) is 24.3 Å². The number of rotatable bonds is 2. The molecule has 4 rings (SSSR count). The molecule has 2 aromatic carbocycles. The number of fused-ring (bicyclic) bond motifs is 1. The number of carbonyl (C=O) groups is 1. The molecule has 0 aromatic heterocycles. The van der Waals surface area contributed by atoms with Crippen LogP contribution >= 0.6 is 0 Å². The molecule has 1 saturated heterocycles. The van der Waals surface area contributed by atoms with Crippen LogP contribution in [0, 0.1) is 18.7 Å². The van der Waals surface area contributed by atoms with E-state index in [2.05, 4.69) is 31.2 Å². The third-order valence-corrected chi connectivity index (χ3v) is 5.99. The summed E-state index contributed by atoms with van der Waals surface area (Å²) in [5.41, 5.74) is 3.70. The number of likely N-dealkylation sites (tertiary alicyclic amines) is 1. The van der Waals surface area contributed by atoms with Crippen molar-refractivity contribution in [2.45, 2.75) is 32.4 Å². The summed E-state index contributed by atoms with van der Waals surface area (Å²) >= 11 is 0. The van der Waals surface area contributed by atoms with Crippen molar-refractivity contribution in [1.82, 2.24) is 4.90 Å². The number of amides is 1. The van der Waals surface area contributed by atoms with E-state index in [1.165, 1.54) is 22.3 Å². The van der Waals surface area contributed by atoms with Crippen molar-refractivity contribution in [3.63, 3.8) is 0 Å². The fourth-order valence-corrected chi connectivity index (χ4v) is 4.40. The lowest BCUT2D eigenvalue weighted by Gasteiger charge is -2.33. The van der Waals surface area contributed by atoms with Crippen molar-refractivity contribution < 1.29 is 22.4 Å². The van der Waals surface area contributed by atoms with Gasteiger partial charge >= 0.3 is 6.18 Å². The molecule has 6 heteroatoms. The average molecular weight is 403 g/mol. The van der Waals surface area contributed by atoms with E-state index < -0.39 is 23.5 Å². The molecule has 0 saturated carbocycles. The first kappa shape index (κ1) is 19.7. The molecule has 0 bridgehead atoms. The molecule has 0 spiro atoms. The van der Waals surface area contributed by atoms with Gasteiger partial charge in [-0.3, -0.25) is 4.79 Å². The van der Waals surface area contributed by atoms with Crippen LogP contribution in [0.4, 0.5) is 17.6 Å². The van der Waals surface area contributed by atoms with Gasteiger partial charge in [-0.2, -0.15) is 13.2 Å². The Labute approximate surface area is 166 Å². The third-order valence-electron chi connectivity index (χ3n) is 5.99. The predicted octanol–water partition coefficient (Wildman–Crippen LogP) is 5.64. The minimum Gasteiger partial charge on any atom is -0.339 e. The zero-order valence-electron chi connectivity index (χ0n) is 16.0. The number of alkyl halides is 3. The maximum absolute atomic E-state index is 13.5. The summed E-state index contributed by atoms with van der Waals surface area (Å²) < 4.78 is 52.3. The van der Waals surface area contributed by atoms with Gasteiger partial charge in [-0.25, -0.2) is 4.39 Å². The summed E-state index contributed by atoms with van der Waals surface area (Å²) in [6, 6.07) is 8.74. The largest absolute Gasteiger partial charge is 0.419 e.